The first-order chi connectivity index (χ1) is 7.61. The van der Waals surface area contributed by atoms with Crippen LogP contribution in [0.4, 0.5) is 0 Å². The largest absolute Gasteiger partial charge is 0.504 e. The summed E-state index contributed by atoms with van der Waals surface area (Å²) >= 11 is 0. The molecule has 3 heteroatoms. The van der Waals surface area contributed by atoms with Crippen molar-refractivity contribution >= 4 is 0 Å². The van der Waals surface area contributed by atoms with E-state index in [2.05, 4.69) is 12.2 Å². The highest BCUT2D eigenvalue weighted by Gasteiger charge is 2.30. The molecule has 1 aromatic carbocycles. The molecule has 0 aromatic heterocycles. The van der Waals surface area contributed by atoms with Crippen molar-refractivity contribution in [3.63, 3.8) is 0 Å². The van der Waals surface area contributed by atoms with Crippen LogP contribution < -0.4 is 5.32 Å². The fourth-order valence-corrected chi connectivity index (χ4v) is 2.18. The molecule has 16 heavy (non-hydrogen) atoms. The van der Waals surface area contributed by atoms with E-state index in [4.69, 9.17) is 0 Å². The van der Waals surface area contributed by atoms with Crippen molar-refractivity contribution in [3.05, 3.63) is 23.8 Å². The van der Waals surface area contributed by atoms with Gasteiger partial charge in [0.05, 0.1) is 0 Å². The zero-order chi connectivity index (χ0) is 11.6. The Labute approximate surface area is 96.1 Å². The summed E-state index contributed by atoms with van der Waals surface area (Å²) in [7, 11) is 0. The molecule has 0 unspecified atom stereocenters. The van der Waals surface area contributed by atoms with Crippen LogP contribution in [0.2, 0.25) is 0 Å². The van der Waals surface area contributed by atoms with Gasteiger partial charge in [-0.15, -0.1) is 0 Å². The zero-order valence-electron chi connectivity index (χ0n) is 9.66. The maximum Gasteiger partial charge on any atom is 0.161 e. The van der Waals surface area contributed by atoms with Gasteiger partial charge >= 0.3 is 0 Å². The molecule has 0 saturated heterocycles. The number of benzene rings is 1. The molecule has 1 aliphatic carbocycles. The molecule has 0 spiro atoms. The highest BCUT2D eigenvalue weighted by molar-refractivity contribution is 5.44. The van der Waals surface area contributed by atoms with Crippen LogP contribution in [0.25, 0.3) is 0 Å². The summed E-state index contributed by atoms with van der Waals surface area (Å²) in [6.07, 6.45) is 3.90. The summed E-state index contributed by atoms with van der Waals surface area (Å²) in [6.45, 7) is 3.86. The Kier molecular flexibility index (Phi) is 3.06. The van der Waals surface area contributed by atoms with E-state index < -0.39 is 0 Å². The molecule has 1 aromatic rings. The molecule has 0 heterocycles. The van der Waals surface area contributed by atoms with Gasteiger partial charge in [-0.2, -0.15) is 0 Å². The van der Waals surface area contributed by atoms with Gasteiger partial charge in [-0.25, -0.2) is 0 Å². The third-order valence-electron chi connectivity index (χ3n) is 3.53. The Morgan fingerprint density at radius 2 is 2.06 bits per heavy atom. The van der Waals surface area contributed by atoms with Gasteiger partial charge in [-0.05, 0) is 24.3 Å². The normalized spacial score (nSPS) is 18.1. The number of hydrogen-bond acceptors (Lipinski definition) is 3. The number of phenolic OH excluding ortho intramolecular Hbond substituents is 2. The zero-order valence-corrected chi connectivity index (χ0v) is 9.66. The molecule has 3 nitrogen and oxygen atoms in total. The average Bonchev–Trinajstić information content (AvgIpc) is 2.22. The number of hydrogen-bond donors (Lipinski definition) is 3. The van der Waals surface area contributed by atoms with E-state index in [1.807, 2.05) is 6.07 Å². The van der Waals surface area contributed by atoms with Crippen LogP contribution in [0.15, 0.2) is 18.2 Å². The van der Waals surface area contributed by atoms with Crippen LogP contribution in [-0.2, 0) is 6.54 Å². The van der Waals surface area contributed by atoms with E-state index in [-0.39, 0.29) is 11.5 Å². The molecule has 0 aliphatic heterocycles. The van der Waals surface area contributed by atoms with Crippen LogP contribution in [0.1, 0.15) is 31.7 Å². The van der Waals surface area contributed by atoms with Crippen LogP contribution in [0.3, 0.4) is 0 Å². The quantitative estimate of drug-likeness (QED) is 0.684. The van der Waals surface area contributed by atoms with Crippen molar-refractivity contribution in [2.24, 2.45) is 5.41 Å². The first-order valence-corrected chi connectivity index (χ1v) is 5.81. The van der Waals surface area contributed by atoms with Crippen molar-refractivity contribution in [1.29, 1.82) is 0 Å². The number of rotatable bonds is 4. The molecule has 0 bridgehead atoms. The second kappa shape index (κ2) is 4.34. The minimum Gasteiger partial charge on any atom is -0.504 e. The molecule has 1 saturated carbocycles. The third kappa shape index (κ3) is 2.30. The summed E-state index contributed by atoms with van der Waals surface area (Å²) in [5, 5.41) is 22.3. The molecular weight excluding hydrogens is 202 g/mol. The lowest BCUT2D eigenvalue weighted by Gasteiger charge is -2.38. The molecule has 3 N–H and O–H groups in total. The molecule has 1 aliphatic rings. The predicted molar refractivity (Wildman–Crippen MR) is 63.4 cm³/mol. The minimum absolute atomic E-state index is 0.00578. The van der Waals surface area contributed by atoms with E-state index >= 15 is 0 Å². The molecule has 0 radical (unpaired) electrons. The lowest BCUT2D eigenvalue weighted by atomic mass is 9.70. The second-order valence-electron chi connectivity index (χ2n) is 5.05. The van der Waals surface area contributed by atoms with E-state index in [1.165, 1.54) is 25.3 Å². The maximum atomic E-state index is 9.61. The predicted octanol–water partition coefficient (Wildman–Crippen LogP) is 2.38. The Hall–Kier alpha value is -1.22. The molecule has 2 rings (SSSR count). The van der Waals surface area contributed by atoms with Crippen molar-refractivity contribution in [1.82, 2.24) is 5.32 Å². The Bertz CT molecular complexity index is 372. The smallest absolute Gasteiger partial charge is 0.161 e. The average molecular weight is 221 g/mol. The van der Waals surface area contributed by atoms with Gasteiger partial charge in [0.2, 0.25) is 0 Å². The van der Waals surface area contributed by atoms with Crippen LogP contribution in [0, 0.1) is 5.41 Å². The number of para-hydroxylation sites is 1. The molecule has 1 fully saturated rings. The highest BCUT2D eigenvalue weighted by atomic mass is 16.3. The fraction of sp³-hybridized carbons (Fsp3) is 0.538. The topological polar surface area (TPSA) is 52.5 Å². The number of aromatic hydroxyl groups is 2. The highest BCUT2D eigenvalue weighted by Crippen LogP contribution is 2.39. The Morgan fingerprint density at radius 1 is 1.31 bits per heavy atom. The summed E-state index contributed by atoms with van der Waals surface area (Å²) in [4.78, 5) is 0. The molecule has 0 amide bonds. The third-order valence-corrected chi connectivity index (χ3v) is 3.53. The van der Waals surface area contributed by atoms with Crippen molar-refractivity contribution < 1.29 is 10.2 Å². The van der Waals surface area contributed by atoms with Crippen molar-refractivity contribution in [2.45, 2.75) is 32.7 Å². The Balaban J connectivity index is 1.87. The maximum absolute atomic E-state index is 9.61. The standard InChI is InChI=1S/C13H19NO2/c1-13(6-3-7-13)9-14-8-10-4-2-5-11(15)12(10)16/h2,4-5,14-16H,3,6-9H2,1H3. The first kappa shape index (κ1) is 11.3. The van der Waals surface area contributed by atoms with Gasteiger partial charge in [0.15, 0.2) is 11.5 Å². The van der Waals surface area contributed by atoms with Crippen LogP contribution in [0.5, 0.6) is 11.5 Å². The monoisotopic (exact) mass is 221 g/mol. The van der Waals surface area contributed by atoms with E-state index in [9.17, 15) is 10.2 Å². The summed E-state index contributed by atoms with van der Waals surface area (Å²) in [6, 6.07) is 5.06. The van der Waals surface area contributed by atoms with Gasteiger partial charge < -0.3 is 15.5 Å². The summed E-state index contributed by atoms with van der Waals surface area (Å²) < 4.78 is 0. The Morgan fingerprint density at radius 3 is 2.69 bits per heavy atom. The lowest BCUT2D eigenvalue weighted by molar-refractivity contribution is 0.156. The molecular formula is C13H19NO2. The fourth-order valence-electron chi connectivity index (χ4n) is 2.18. The van der Waals surface area contributed by atoms with Crippen molar-refractivity contribution in [3.8, 4) is 11.5 Å². The SMILES string of the molecule is CC1(CNCc2cccc(O)c2O)CCC1. The number of phenols is 2. The van der Waals surface area contributed by atoms with E-state index in [0.717, 1.165) is 12.1 Å². The van der Waals surface area contributed by atoms with E-state index in [1.54, 1.807) is 6.07 Å². The first-order valence-electron chi connectivity index (χ1n) is 5.81. The summed E-state index contributed by atoms with van der Waals surface area (Å²) in [5.74, 6) is -0.0529. The molecule has 88 valence electrons. The van der Waals surface area contributed by atoms with E-state index in [0.29, 0.717) is 12.0 Å². The number of nitrogens with one attached hydrogen (secondary N) is 1. The van der Waals surface area contributed by atoms with Gasteiger partial charge in [0.25, 0.3) is 0 Å². The van der Waals surface area contributed by atoms with Gasteiger partial charge in [-0.1, -0.05) is 25.5 Å². The van der Waals surface area contributed by atoms with Crippen molar-refractivity contribution in [2.75, 3.05) is 6.54 Å². The summed E-state index contributed by atoms with van der Waals surface area (Å²) in [5.41, 5.74) is 1.19. The second-order valence-corrected chi connectivity index (χ2v) is 5.05. The minimum atomic E-state index is -0.0471. The molecule has 0 atom stereocenters. The van der Waals surface area contributed by atoms with Crippen LogP contribution >= 0.6 is 0 Å². The van der Waals surface area contributed by atoms with Gasteiger partial charge in [0, 0.05) is 18.7 Å². The van der Waals surface area contributed by atoms with Gasteiger partial charge in [-0.3, -0.25) is 0 Å². The lowest BCUT2D eigenvalue weighted by Crippen LogP contribution is -2.36. The van der Waals surface area contributed by atoms with Gasteiger partial charge in [0.1, 0.15) is 0 Å². The van der Waals surface area contributed by atoms with Crippen LogP contribution in [-0.4, -0.2) is 16.8 Å².